The van der Waals surface area contributed by atoms with Crippen LogP contribution < -0.4 is 0 Å². The summed E-state index contributed by atoms with van der Waals surface area (Å²) in [6.07, 6.45) is 8.23. The van der Waals surface area contributed by atoms with Crippen LogP contribution in [-0.4, -0.2) is 4.98 Å². The van der Waals surface area contributed by atoms with Crippen molar-refractivity contribution in [1.82, 2.24) is 4.98 Å². The third-order valence-electron chi connectivity index (χ3n) is 2.64. The highest BCUT2D eigenvalue weighted by molar-refractivity contribution is 5.80. The second-order valence-electron chi connectivity index (χ2n) is 4.04. The van der Waals surface area contributed by atoms with Gasteiger partial charge in [-0.2, -0.15) is 0 Å². The Morgan fingerprint density at radius 2 is 2.25 bits per heavy atom. The molecule has 1 aromatic heterocycles. The SMILES string of the molecule is C=C(/C=C/CC)Cc1ccc2[nH]ccc2c1. The highest BCUT2D eigenvalue weighted by Crippen LogP contribution is 2.16. The van der Waals surface area contributed by atoms with Gasteiger partial charge in [-0.05, 0) is 42.0 Å². The van der Waals surface area contributed by atoms with Crippen molar-refractivity contribution in [3.8, 4) is 0 Å². The van der Waals surface area contributed by atoms with E-state index in [-0.39, 0.29) is 0 Å². The first-order valence-electron chi connectivity index (χ1n) is 5.70. The third kappa shape index (κ3) is 2.43. The van der Waals surface area contributed by atoms with Crippen LogP contribution in [0, 0.1) is 0 Å². The largest absolute Gasteiger partial charge is 0.361 e. The van der Waals surface area contributed by atoms with E-state index in [4.69, 9.17) is 0 Å². The van der Waals surface area contributed by atoms with E-state index >= 15 is 0 Å². The summed E-state index contributed by atoms with van der Waals surface area (Å²) >= 11 is 0. The quantitative estimate of drug-likeness (QED) is 0.728. The lowest BCUT2D eigenvalue weighted by Gasteiger charge is -2.01. The number of hydrogen-bond acceptors (Lipinski definition) is 0. The molecular weight excluding hydrogens is 194 g/mol. The van der Waals surface area contributed by atoms with Crippen LogP contribution in [0.25, 0.3) is 10.9 Å². The molecule has 0 fully saturated rings. The minimum absolute atomic E-state index is 0.928. The van der Waals surface area contributed by atoms with Gasteiger partial charge in [0.15, 0.2) is 0 Å². The first-order valence-corrected chi connectivity index (χ1v) is 5.70. The molecule has 0 unspecified atom stereocenters. The molecule has 0 aliphatic carbocycles. The number of allylic oxidation sites excluding steroid dienone is 3. The van der Waals surface area contributed by atoms with Gasteiger partial charge in [-0.3, -0.25) is 0 Å². The number of aromatic nitrogens is 1. The van der Waals surface area contributed by atoms with E-state index in [2.05, 4.69) is 54.9 Å². The molecule has 0 atom stereocenters. The van der Waals surface area contributed by atoms with Crippen LogP contribution in [0.4, 0.5) is 0 Å². The first-order chi connectivity index (χ1) is 7.79. The van der Waals surface area contributed by atoms with Gasteiger partial charge in [-0.1, -0.05) is 37.3 Å². The van der Waals surface area contributed by atoms with Gasteiger partial charge in [-0.15, -0.1) is 0 Å². The molecule has 0 bridgehead atoms. The van der Waals surface area contributed by atoms with Gasteiger partial charge in [0.1, 0.15) is 0 Å². The molecule has 2 rings (SSSR count). The van der Waals surface area contributed by atoms with E-state index < -0.39 is 0 Å². The smallest absolute Gasteiger partial charge is 0.0454 e. The number of H-pyrrole nitrogens is 1. The third-order valence-corrected chi connectivity index (χ3v) is 2.64. The van der Waals surface area contributed by atoms with Crippen LogP contribution in [0.1, 0.15) is 18.9 Å². The Morgan fingerprint density at radius 1 is 1.38 bits per heavy atom. The predicted molar refractivity (Wildman–Crippen MR) is 70.6 cm³/mol. The molecule has 0 spiro atoms. The monoisotopic (exact) mass is 211 g/mol. The van der Waals surface area contributed by atoms with Crippen molar-refractivity contribution < 1.29 is 0 Å². The number of aromatic amines is 1. The van der Waals surface area contributed by atoms with E-state index in [9.17, 15) is 0 Å². The topological polar surface area (TPSA) is 15.8 Å². The summed E-state index contributed by atoms with van der Waals surface area (Å²) in [5.41, 5.74) is 3.67. The van der Waals surface area contributed by atoms with Crippen molar-refractivity contribution in [3.05, 3.63) is 60.3 Å². The van der Waals surface area contributed by atoms with Gasteiger partial charge < -0.3 is 4.98 Å². The van der Waals surface area contributed by atoms with Crippen molar-refractivity contribution >= 4 is 10.9 Å². The molecule has 0 saturated carbocycles. The minimum atomic E-state index is 0.928. The molecule has 1 aromatic carbocycles. The lowest BCUT2D eigenvalue weighted by Crippen LogP contribution is -1.86. The Kier molecular flexibility index (Phi) is 3.25. The fourth-order valence-electron chi connectivity index (χ4n) is 1.82. The van der Waals surface area contributed by atoms with Crippen LogP contribution in [-0.2, 0) is 6.42 Å². The molecule has 1 nitrogen and oxygen atoms in total. The zero-order valence-electron chi connectivity index (χ0n) is 9.66. The van der Waals surface area contributed by atoms with Gasteiger partial charge in [0, 0.05) is 11.7 Å². The number of nitrogens with one attached hydrogen (secondary N) is 1. The molecule has 16 heavy (non-hydrogen) atoms. The molecule has 0 radical (unpaired) electrons. The van der Waals surface area contributed by atoms with Crippen LogP contribution in [0.2, 0.25) is 0 Å². The molecule has 0 aliphatic rings. The zero-order chi connectivity index (χ0) is 11.4. The number of hydrogen-bond donors (Lipinski definition) is 1. The molecule has 1 N–H and O–H groups in total. The highest BCUT2D eigenvalue weighted by Gasteiger charge is 1.98. The van der Waals surface area contributed by atoms with Crippen LogP contribution >= 0.6 is 0 Å². The van der Waals surface area contributed by atoms with Gasteiger partial charge >= 0.3 is 0 Å². The van der Waals surface area contributed by atoms with Crippen LogP contribution in [0.15, 0.2) is 54.8 Å². The maximum Gasteiger partial charge on any atom is 0.0454 e. The van der Waals surface area contributed by atoms with Crippen molar-refractivity contribution in [2.45, 2.75) is 19.8 Å². The molecule has 82 valence electrons. The second kappa shape index (κ2) is 4.84. The standard InChI is InChI=1S/C15H17N/c1-3-4-5-12(2)10-13-6-7-15-14(11-13)8-9-16-15/h4-9,11,16H,2-3,10H2,1H3/b5-4+. The average molecular weight is 211 g/mol. The summed E-state index contributed by atoms with van der Waals surface area (Å²) in [5.74, 6) is 0. The van der Waals surface area contributed by atoms with E-state index in [1.54, 1.807) is 0 Å². The summed E-state index contributed by atoms with van der Waals surface area (Å²) in [7, 11) is 0. The maximum atomic E-state index is 4.06. The number of rotatable bonds is 4. The van der Waals surface area contributed by atoms with E-state index in [1.165, 1.54) is 16.5 Å². The van der Waals surface area contributed by atoms with Crippen molar-refractivity contribution in [3.63, 3.8) is 0 Å². The summed E-state index contributed by atoms with van der Waals surface area (Å²) in [6, 6.07) is 8.60. The fourth-order valence-corrected chi connectivity index (χ4v) is 1.82. The highest BCUT2D eigenvalue weighted by atomic mass is 14.7. The van der Waals surface area contributed by atoms with Crippen molar-refractivity contribution in [1.29, 1.82) is 0 Å². The average Bonchev–Trinajstić information content (AvgIpc) is 2.73. The summed E-state index contributed by atoms with van der Waals surface area (Å²) in [4.78, 5) is 3.20. The van der Waals surface area contributed by atoms with E-state index in [0.29, 0.717) is 0 Å². The Morgan fingerprint density at radius 3 is 3.06 bits per heavy atom. The molecule has 2 aromatic rings. The molecular formula is C15H17N. The molecule has 0 aliphatic heterocycles. The fraction of sp³-hybridized carbons (Fsp3) is 0.200. The van der Waals surface area contributed by atoms with Crippen molar-refractivity contribution in [2.24, 2.45) is 0 Å². The summed E-state index contributed by atoms with van der Waals surface area (Å²) < 4.78 is 0. The van der Waals surface area contributed by atoms with Gasteiger partial charge in [-0.25, -0.2) is 0 Å². The van der Waals surface area contributed by atoms with Gasteiger partial charge in [0.2, 0.25) is 0 Å². The second-order valence-corrected chi connectivity index (χ2v) is 4.04. The van der Waals surface area contributed by atoms with Crippen molar-refractivity contribution in [2.75, 3.05) is 0 Å². The Labute approximate surface area is 96.5 Å². The van der Waals surface area contributed by atoms with Crippen LogP contribution in [0.5, 0.6) is 0 Å². The lowest BCUT2D eigenvalue weighted by atomic mass is 10.0. The molecule has 1 heterocycles. The molecule has 0 saturated heterocycles. The first kappa shape index (κ1) is 10.7. The molecule has 1 heteroatoms. The maximum absolute atomic E-state index is 4.06. The number of fused-ring (bicyclic) bond motifs is 1. The van der Waals surface area contributed by atoms with Crippen LogP contribution in [0.3, 0.4) is 0 Å². The Balaban J connectivity index is 2.14. The van der Waals surface area contributed by atoms with Gasteiger partial charge in [0.25, 0.3) is 0 Å². The normalized spacial score (nSPS) is 11.3. The number of benzene rings is 1. The van der Waals surface area contributed by atoms with Gasteiger partial charge in [0.05, 0.1) is 0 Å². The lowest BCUT2D eigenvalue weighted by molar-refractivity contribution is 1.18. The Bertz CT molecular complexity index is 517. The van der Waals surface area contributed by atoms with E-state index in [1.807, 2.05) is 6.20 Å². The molecule has 0 amide bonds. The minimum Gasteiger partial charge on any atom is -0.361 e. The summed E-state index contributed by atoms with van der Waals surface area (Å²) in [6.45, 7) is 6.20. The zero-order valence-corrected chi connectivity index (χ0v) is 9.66. The summed E-state index contributed by atoms with van der Waals surface area (Å²) in [5, 5.41) is 1.27. The predicted octanol–water partition coefficient (Wildman–Crippen LogP) is 4.23. The van der Waals surface area contributed by atoms with E-state index in [0.717, 1.165) is 18.4 Å². The Hall–Kier alpha value is -1.76.